The van der Waals surface area contributed by atoms with Gasteiger partial charge in [-0.15, -0.1) is 0 Å². The van der Waals surface area contributed by atoms with E-state index in [1.165, 1.54) is 19.1 Å². The third-order valence-corrected chi connectivity index (χ3v) is 3.88. The number of benzene rings is 3. The second-order valence-corrected chi connectivity index (χ2v) is 6.05. The molecule has 0 heterocycles. The van der Waals surface area contributed by atoms with Crippen LogP contribution in [-0.2, 0) is 11.0 Å². The summed E-state index contributed by atoms with van der Waals surface area (Å²) in [5, 5.41) is 10.7. The van der Waals surface area contributed by atoms with Gasteiger partial charge in [0.2, 0.25) is 5.91 Å². The lowest BCUT2D eigenvalue weighted by Gasteiger charge is -2.06. The van der Waals surface area contributed by atoms with Crippen molar-refractivity contribution in [1.82, 2.24) is 0 Å². The minimum Gasteiger partial charge on any atom is -0.326 e. The molecule has 0 saturated carbocycles. The van der Waals surface area contributed by atoms with Crippen LogP contribution in [0, 0.1) is 0 Å². The number of hydrogen-bond acceptors (Lipinski definition) is 3. The molecule has 0 radical (unpaired) electrons. The maximum Gasteiger partial charge on any atom is 0.416 e. The Labute approximate surface area is 159 Å². The number of nitrogens with one attached hydrogen (secondary N) is 1. The number of anilines is 1. The van der Waals surface area contributed by atoms with E-state index < -0.39 is 11.7 Å². The molecule has 0 aliphatic heterocycles. The number of carbonyl (C=O) groups excluding carboxylic acids is 1. The molecular weight excluding hydrogens is 367 g/mol. The first-order chi connectivity index (χ1) is 13.3. The van der Waals surface area contributed by atoms with E-state index in [4.69, 9.17) is 0 Å². The summed E-state index contributed by atoms with van der Waals surface area (Å²) in [6.45, 7) is 1.45. The van der Waals surface area contributed by atoms with Crippen molar-refractivity contribution in [2.24, 2.45) is 10.2 Å². The standard InChI is InChI=1S/C21H16F3N3O/c1-14(28)25-18-8-2-15(3-9-18)16-4-10-19(11-5-16)26-27-20-12-6-17(7-13-20)21(22,23)24/h2-13H,1H3,(H,25,28). The zero-order valence-electron chi connectivity index (χ0n) is 14.9. The number of azo groups is 1. The summed E-state index contributed by atoms with van der Waals surface area (Å²) in [4.78, 5) is 11.0. The molecule has 4 nitrogen and oxygen atoms in total. The van der Waals surface area contributed by atoms with Crippen molar-refractivity contribution in [3.05, 3.63) is 78.4 Å². The first kappa shape index (κ1) is 19.3. The predicted octanol–water partition coefficient (Wildman–Crippen LogP) is 6.75. The van der Waals surface area contributed by atoms with E-state index in [1.54, 1.807) is 12.1 Å². The van der Waals surface area contributed by atoms with Crippen LogP contribution in [0.2, 0.25) is 0 Å². The SMILES string of the molecule is CC(=O)Nc1ccc(-c2ccc(N=Nc3ccc(C(F)(F)F)cc3)cc2)cc1. The lowest BCUT2D eigenvalue weighted by atomic mass is 10.1. The highest BCUT2D eigenvalue weighted by Gasteiger charge is 2.29. The van der Waals surface area contributed by atoms with Gasteiger partial charge in [-0.3, -0.25) is 4.79 Å². The van der Waals surface area contributed by atoms with Crippen molar-refractivity contribution in [2.75, 3.05) is 5.32 Å². The van der Waals surface area contributed by atoms with Gasteiger partial charge in [-0.2, -0.15) is 23.4 Å². The Hall–Kier alpha value is -3.48. The van der Waals surface area contributed by atoms with Crippen LogP contribution < -0.4 is 5.32 Å². The van der Waals surface area contributed by atoms with Gasteiger partial charge in [0.15, 0.2) is 0 Å². The molecule has 0 aliphatic carbocycles. The van der Waals surface area contributed by atoms with Gasteiger partial charge in [0.25, 0.3) is 0 Å². The topological polar surface area (TPSA) is 53.8 Å². The summed E-state index contributed by atoms with van der Waals surface area (Å²) < 4.78 is 37.7. The van der Waals surface area contributed by atoms with E-state index in [-0.39, 0.29) is 5.91 Å². The normalized spacial score (nSPS) is 11.6. The molecule has 3 aromatic carbocycles. The van der Waals surface area contributed by atoms with Crippen LogP contribution in [0.3, 0.4) is 0 Å². The second kappa shape index (κ2) is 8.04. The van der Waals surface area contributed by atoms with Crippen molar-refractivity contribution in [3.63, 3.8) is 0 Å². The first-order valence-electron chi connectivity index (χ1n) is 8.38. The Morgan fingerprint density at radius 1 is 0.750 bits per heavy atom. The van der Waals surface area contributed by atoms with Crippen LogP contribution >= 0.6 is 0 Å². The Kier molecular flexibility index (Phi) is 5.54. The lowest BCUT2D eigenvalue weighted by molar-refractivity contribution is -0.137. The van der Waals surface area contributed by atoms with Gasteiger partial charge in [-0.25, -0.2) is 0 Å². The van der Waals surface area contributed by atoms with Crippen molar-refractivity contribution < 1.29 is 18.0 Å². The molecule has 0 aliphatic rings. The minimum absolute atomic E-state index is 0.129. The third-order valence-electron chi connectivity index (χ3n) is 3.88. The number of carbonyl (C=O) groups is 1. The van der Waals surface area contributed by atoms with E-state index in [1.807, 2.05) is 36.4 Å². The van der Waals surface area contributed by atoms with Crippen LogP contribution in [0.5, 0.6) is 0 Å². The summed E-state index contributed by atoms with van der Waals surface area (Å²) in [7, 11) is 0. The van der Waals surface area contributed by atoms with Crippen LogP contribution in [0.1, 0.15) is 12.5 Å². The van der Waals surface area contributed by atoms with Crippen molar-refractivity contribution in [2.45, 2.75) is 13.1 Å². The van der Waals surface area contributed by atoms with E-state index in [0.717, 1.165) is 28.9 Å². The Balaban J connectivity index is 1.68. The Morgan fingerprint density at radius 3 is 1.61 bits per heavy atom. The van der Waals surface area contributed by atoms with Gasteiger partial charge in [0.05, 0.1) is 16.9 Å². The maximum absolute atomic E-state index is 12.6. The number of amides is 1. The number of hydrogen-bond donors (Lipinski definition) is 1. The average Bonchev–Trinajstić information content (AvgIpc) is 2.67. The molecule has 0 aromatic heterocycles. The van der Waals surface area contributed by atoms with Crippen LogP contribution in [0.25, 0.3) is 11.1 Å². The summed E-state index contributed by atoms with van der Waals surface area (Å²) in [6.07, 6.45) is -4.37. The number of halogens is 3. The van der Waals surface area contributed by atoms with Gasteiger partial charge in [0.1, 0.15) is 0 Å². The fourth-order valence-electron chi connectivity index (χ4n) is 2.50. The van der Waals surface area contributed by atoms with E-state index in [2.05, 4.69) is 15.5 Å². The fraction of sp³-hybridized carbons (Fsp3) is 0.0952. The van der Waals surface area contributed by atoms with Crippen LogP contribution in [0.4, 0.5) is 30.2 Å². The summed E-state index contributed by atoms with van der Waals surface area (Å²) in [5.74, 6) is -0.129. The van der Waals surface area contributed by atoms with E-state index in [9.17, 15) is 18.0 Å². The highest BCUT2D eigenvalue weighted by Crippen LogP contribution is 2.31. The van der Waals surface area contributed by atoms with Crippen molar-refractivity contribution >= 4 is 23.0 Å². The molecule has 0 fully saturated rings. The molecule has 142 valence electrons. The monoisotopic (exact) mass is 383 g/mol. The van der Waals surface area contributed by atoms with Gasteiger partial charge in [0, 0.05) is 12.6 Å². The second-order valence-electron chi connectivity index (χ2n) is 6.05. The maximum atomic E-state index is 12.6. The molecule has 1 amide bonds. The smallest absolute Gasteiger partial charge is 0.326 e. The molecule has 7 heteroatoms. The molecule has 28 heavy (non-hydrogen) atoms. The zero-order chi connectivity index (χ0) is 20.1. The average molecular weight is 383 g/mol. The molecule has 3 aromatic rings. The molecule has 1 N–H and O–H groups in total. The molecular formula is C21H16F3N3O. The number of nitrogens with zero attached hydrogens (tertiary/aromatic N) is 2. The molecule has 0 atom stereocenters. The minimum atomic E-state index is -4.37. The number of alkyl halides is 3. The fourth-order valence-corrected chi connectivity index (χ4v) is 2.50. The molecule has 0 saturated heterocycles. The summed E-state index contributed by atoms with van der Waals surface area (Å²) in [5.41, 5.74) is 2.85. The van der Waals surface area contributed by atoms with Crippen LogP contribution in [-0.4, -0.2) is 5.91 Å². The summed E-state index contributed by atoms with van der Waals surface area (Å²) in [6, 6.07) is 19.2. The van der Waals surface area contributed by atoms with Gasteiger partial charge >= 0.3 is 6.18 Å². The Morgan fingerprint density at radius 2 is 1.18 bits per heavy atom. The predicted molar refractivity (Wildman–Crippen MR) is 102 cm³/mol. The molecule has 0 bridgehead atoms. The van der Waals surface area contributed by atoms with E-state index >= 15 is 0 Å². The van der Waals surface area contributed by atoms with Crippen molar-refractivity contribution in [1.29, 1.82) is 0 Å². The summed E-state index contributed by atoms with van der Waals surface area (Å²) >= 11 is 0. The van der Waals surface area contributed by atoms with E-state index in [0.29, 0.717) is 11.4 Å². The lowest BCUT2D eigenvalue weighted by Crippen LogP contribution is -2.05. The zero-order valence-corrected chi connectivity index (χ0v) is 14.9. The Bertz CT molecular complexity index is 977. The van der Waals surface area contributed by atoms with Gasteiger partial charge < -0.3 is 5.32 Å². The van der Waals surface area contributed by atoms with Crippen molar-refractivity contribution in [3.8, 4) is 11.1 Å². The van der Waals surface area contributed by atoms with Gasteiger partial charge in [-0.1, -0.05) is 24.3 Å². The van der Waals surface area contributed by atoms with Crippen LogP contribution in [0.15, 0.2) is 83.0 Å². The molecule has 0 unspecified atom stereocenters. The number of rotatable bonds is 4. The highest BCUT2D eigenvalue weighted by atomic mass is 19.4. The molecule has 3 rings (SSSR count). The van der Waals surface area contributed by atoms with Gasteiger partial charge in [-0.05, 0) is 59.7 Å². The quantitative estimate of drug-likeness (QED) is 0.498. The third kappa shape index (κ3) is 5.03. The molecule has 0 spiro atoms. The largest absolute Gasteiger partial charge is 0.416 e. The first-order valence-corrected chi connectivity index (χ1v) is 8.38. The highest BCUT2D eigenvalue weighted by molar-refractivity contribution is 5.89.